The Hall–Kier alpha value is -2.64. The fourth-order valence-corrected chi connectivity index (χ4v) is 3.95. The second-order valence-electron chi connectivity index (χ2n) is 7.91. The third-order valence-corrected chi connectivity index (χ3v) is 5.73. The molecular formula is C20H30N6O6. The molecule has 1 aromatic heterocycles. The number of hydrogen-bond donors (Lipinski definition) is 5. The number of nitrogens with zero attached hydrogens (tertiary/aromatic N) is 5. The van der Waals surface area contributed by atoms with Gasteiger partial charge in [0, 0.05) is 19.2 Å². The highest BCUT2D eigenvalue weighted by Gasteiger charge is 2.40. The van der Waals surface area contributed by atoms with E-state index in [-0.39, 0.29) is 18.8 Å². The van der Waals surface area contributed by atoms with E-state index in [0.29, 0.717) is 24.5 Å². The Morgan fingerprint density at radius 1 is 1.09 bits per heavy atom. The number of nitro groups is 1. The molecule has 32 heavy (non-hydrogen) atoms. The van der Waals surface area contributed by atoms with Gasteiger partial charge in [-0.3, -0.25) is 15.0 Å². The van der Waals surface area contributed by atoms with Gasteiger partial charge in [0.15, 0.2) is 0 Å². The van der Waals surface area contributed by atoms with Crippen LogP contribution in [0.25, 0.3) is 5.69 Å². The number of hydrogen-bond acceptors (Lipinski definition) is 10. The number of rotatable bonds is 11. The predicted octanol–water partition coefficient (Wildman–Crippen LogP) is -0.0930. The highest BCUT2D eigenvalue weighted by molar-refractivity contribution is 5.64. The lowest BCUT2D eigenvalue weighted by Gasteiger charge is -2.43. The summed E-state index contributed by atoms with van der Waals surface area (Å²) in [7, 11) is 0. The Labute approximate surface area is 185 Å². The van der Waals surface area contributed by atoms with Gasteiger partial charge in [0.25, 0.3) is 5.69 Å². The van der Waals surface area contributed by atoms with Gasteiger partial charge in [-0.15, -0.1) is 0 Å². The van der Waals surface area contributed by atoms with Crippen molar-refractivity contribution in [3.8, 4) is 5.69 Å². The van der Waals surface area contributed by atoms with E-state index in [1.54, 1.807) is 17.0 Å². The molecule has 1 saturated heterocycles. The molecule has 1 aliphatic rings. The Morgan fingerprint density at radius 3 is 2.50 bits per heavy atom. The number of benzene rings is 1. The van der Waals surface area contributed by atoms with Crippen LogP contribution in [0.3, 0.4) is 0 Å². The van der Waals surface area contributed by atoms with Gasteiger partial charge in [-0.2, -0.15) is 15.0 Å². The molecule has 0 radical (unpaired) electrons. The molecule has 3 unspecified atom stereocenters. The van der Waals surface area contributed by atoms with Crippen molar-refractivity contribution < 1.29 is 25.3 Å². The zero-order valence-electron chi connectivity index (χ0n) is 17.7. The molecule has 2 heterocycles. The molecule has 1 aliphatic heterocycles. The Kier molecular flexibility index (Phi) is 8.47. The van der Waals surface area contributed by atoms with E-state index >= 15 is 0 Å². The van der Waals surface area contributed by atoms with Crippen molar-refractivity contribution in [1.82, 2.24) is 19.9 Å². The first kappa shape index (κ1) is 24.0. The molecule has 0 spiro atoms. The normalized spacial score (nSPS) is 23.9. The summed E-state index contributed by atoms with van der Waals surface area (Å²) in [5, 5.41) is 61.6. The molecule has 3 rings (SSSR count). The van der Waals surface area contributed by atoms with E-state index < -0.39 is 29.3 Å². The molecule has 1 aromatic carbocycles. The molecule has 5 N–H and O–H groups in total. The number of aromatic nitrogens is 3. The van der Waals surface area contributed by atoms with Gasteiger partial charge < -0.3 is 25.7 Å². The lowest BCUT2D eigenvalue weighted by Crippen LogP contribution is -2.62. The van der Waals surface area contributed by atoms with Gasteiger partial charge in [-0.25, -0.2) is 0 Å². The molecule has 4 atom stereocenters. The summed E-state index contributed by atoms with van der Waals surface area (Å²) in [5.74, 6) is 0. The van der Waals surface area contributed by atoms with Crippen LogP contribution in [-0.2, 0) is 0 Å². The van der Waals surface area contributed by atoms with Crippen molar-refractivity contribution >= 4 is 11.4 Å². The number of aliphatic hydroxyl groups excluding tert-OH is 4. The Morgan fingerprint density at radius 2 is 1.81 bits per heavy atom. The largest absolute Gasteiger partial charge is 0.395 e. The topological polar surface area (TPSA) is 170 Å². The smallest absolute Gasteiger partial charge is 0.294 e. The molecule has 2 aromatic rings. The first-order valence-corrected chi connectivity index (χ1v) is 10.7. The van der Waals surface area contributed by atoms with Gasteiger partial charge in [0.1, 0.15) is 17.9 Å². The average Bonchev–Trinajstić information content (AvgIpc) is 3.32. The minimum Gasteiger partial charge on any atom is -0.395 e. The lowest BCUT2D eigenvalue weighted by atomic mass is 9.94. The summed E-state index contributed by atoms with van der Waals surface area (Å²) in [4.78, 5) is 14.1. The highest BCUT2D eigenvalue weighted by Crippen LogP contribution is 2.27. The number of piperidine rings is 1. The maximum absolute atomic E-state index is 11.4. The molecule has 0 amide bonds. The number of nitro benzene ring substituents is 1. The molecule has 0 bridgehead atoms. The van der Waals surface area contributed by atoms with E-state index in [1.807, 2.05) is 0 Å². The van der Waals surface area contributed by atoms with Crippen LogP contribution in [0, 0.1) is 10.1 Å². The molecule has 12 heteroatoms. The van der Waals surface area contributed by atoms with Crippen molar-refractivity contribution in [1.29, 1.82) is 0 Å². The van der Waals surface area contributed by atoms with Crippen molar-refractivity contribution in [3.05, 3.63) is 40.7 Å². The number of unbranched alkanes of at least 4 members (excludes halogenated alkanes) is 3. The predicted molar refractivity (Wildman–Crippen MR) is 115 cm³/mol. The van der Waals surface area contributed by atoms with Crippen LogP contribution in [0.2, 0.25) is 0 Å². The van der Waals surface area contributed by atoms with E-state index in [2.05, 4.69) is 15.5 Å². The van der Waals surface area contributed by atoms with Gasteiger partial charge >= 0.3 is 0 Å². The first-order valence-electron chi connectivity index (χ1n) is 10.7. The second kappa shape index (κ2) is 11.3. The van der Waals surface area contributed by atoms with E-state index in [4.69, 9.17) is 0 Å². The molecule has 1 fully saturated rings. The molecule has 176 valence electrons. The zero-order valence-corrected chi connectivity index (χ0v) is 17.7. The van der Waals surface area contributed by atoms with Gasteiger partial charge in [-0.1, -0.05) is 12.8 Å². The van der Waals surface area contributed by atoms with Crippen LogP contribution in [0.5, 0.6) is 0 Å². The second-order valence-corrected chi connectivity index (χ2v) is 7.91. The third-order valence-electron chi connectivity index (χ3n) is 5.73. The van der Waals surface area contributed by atoms with Crippen LogP contribution in [-0.4, -0.2) is 95.8 Å². The number of aliphatic hydroxyl groups is 4. The maximum atomic E-state index is 11.4. The van der Waals surface area contributed by atoms with E-state index in [9.17, 15) is 30.5 Å². The molecule has 12 nitrogen and oxygen atoms in total. The Balaban J connectivity index is 1.41. The fraction of sp³-hybridized carbons (Fsp3) is 0.600. The Bertz CT molecular complexity index is 866. The van der Waals surface area contributed by atoms with Gasteiger partial charge in [-0.05, 0) is 31.5 Å². The van der Waals surface area contributed by atoms with E-state index in [1.165, 1.54) is 23.3 Å². The summed E-state index contributed by atoms with van der Waals surface area (Å²) >= 11 is 0. The maximum Gasteiger partial charge on any atom is 0.294 e. The molecular weight excluding hydrogens is 420 g/mol. The summed E-state index contributed by atoms with van der Waals surface area (Å²) in [6.07, 6.45) is 2.93. The molecule has 0 aliphatic carbocycles. The van der Waals surface area contributed by atoms with Gasteiger partial charge in [0.05, 0.1) is 41.8 Å². The fourth-order valence-electron chi connectivity index (χ4n) is 3.95. The van der Waals surface area contributed by atoms with Crippen LogP contribution in [0.15, 0.2) is 30.6 Å². The first-order chi connectivity index (χ1) is 15.4. The number of β-amino-alcohol motifs (C(OH)–C–C–N with tert-alkyl or cyclic N) is 1. The van der Waals surface area contributed by atoms with E-state index in [0.717, 1.165) is 25.7 Å². The number of likely N-dealkylation sites (tertiary alicyclic amines) is 1. The highest BCUT2D eigenvalue weighted by atomic mass is 16.6. The standard InChI is InChI=1S/C20H30N6O6/c27-13-17-19(29)20(30)18(28)12-24(17)10-4-2-1-3-7-21-15-6-5-14(11-16(15)26(31)32)25-22-8-9-23-25/h5-6,8-9,11,17-21,27-30H,1-4,7,10,12-13H2/t17-,18?,19?,20?/m0/s1. The van der Waals surface area contributed by atoms with Crippen LogP contribution in [0.4, 0.5) is 11.4 Å². The minimum atomic E-state index is -1.25. The van der Waals surface area contributed by atoms with Crippen LogP contribution < -0.4 is 5.32 Å². The summed E-state index contributed by atoms with van der Waals surface area (Å²) in [5.41, 5.74) is 0.902. The quantitative estimate of drug-likeness (QED) is 0.177. The zero-order chi connectivity index (χ0) is 23.1. The summed E-state index contributed by atoms with van der Waals surface area (Å²) in [6.45, 7) is 1.09. The monoisotopic (exact) mass is 450 g/mol. The van der Waals surface area contributed by atoms with Crippen molar-refractivity contribution in [3.63, 3.8) is 0 Å². The SMILES string of the molecule is O=[N+]([O-])c1cc(-n2nccn2)ccc1NCCCCCCN1CC(O)C(O)C(O)[C@@H]1CO. The number of anilines is 1. The van der Waals surface area contributed by atoms with Crippen molar-refractivity contribution in [2.75, 3.05) is 31.6 Å². The summed E-state index contributed by atoms with van der Waals surface area (Å²) in [6, 6.07) is 4.20. The van der Waals surface area contributed by atoms with Crippen molar-refractivity contribution in [2.45, 2.75) is 50.0 Å². The molecule has 0 saturated carbocycles. The summed E-state index contributed by atoms with van der Waals surface area (Å²) < 4.78 is 0. The lowest BCUT2D eigenvalue weighted by molar-refractivity contribution is -0.383. The van der Waals surface area contributed by atoms with Crippen LogP contribution >= 0.6 is 0 Å². The minimum absolute atomic E-state index is 0.0424. The van der Waals surface area contributed by atoms with Gasteiger partial charge in [0.2, 0.25) is 0 Å². The average molecular weight is 450 g/mol. The number of nitrogens with one attached hydrogen (secondary N) is 1. The third kappa shape index (κ3) is 5.78. The van der Waals surface area contributed by atoms with Crippen LogP contribution in [0.1, 0.15) is 25.7 Å². The van der Waals surface area contributed by atoms with Crippen molar-refractivity contribution in [2.24, 2.45) is 0 Å².